The molecule has 0 radical (unpaired) electrons. The minimum Gasteiger partial charge on any atom is -0.454 e. The summed E-state index contributed by atoms with van der Waals surface area (Å²) in [6, 6.07) is 16.0. The normalized spacial score (nSPS) is 10.8. The van der Waals surface area contributed by atoms with Crippen LogP contribution in [0.2, 0.25) is 0 Å². The number of hydrogen-bond donors (Lipinski definition) is 1. The van der Waals surface area contributed by atoms with Crippen molar-refractivity contribution in [3.05, 3.63) is 48.5 Å². The molecular weight excluding hydrogens is 236 g/mol. The highest BCUT2D eigenvalue weighted by Gasteiger charge is 2.07. The van der Waals surface area contributed by atoms with Gasteiger partial charge in [0.15, 0.2) is 5.76 Å². The topological polar surface area (TPSA) is 38.1 Å². The summed E-state index contributed by atoms with van der Waals surface area (Å²) in [4.78, 5) is 4.57. The summed E-state index contributed by atoms with van der Waals surface area (Å²) in [5, 5.41) is 4.39. The zero-order chi connectivity index (χ0) is 13.1. The molecule has 0 fully saturated rings. The molecule has 0 amide bonds. The van der Waals surface area contributed by atoms with Gasteiger partial charge in [0.25, 0.3) is 0 Å². The Balaban J connectivity index is 1.96. The highest BCUT2D eigenvalue weighted by Crippen LogP contribution is 2.26. The van der Waals surface area contributed by atoms with E-state index in [1.54, 1.807) is 0 Å². The number of hydrogen-bond acceptors (Lipinski definition) is 3. The van der Waals surface area contributed by atoms with Crippen molar-refractivity contribution in [3.8, 4) is 11.5 Å². The van der Waals surface area contributed by atoms with E-state index in [-0.39, 0.29) is 0 Å². The smallest absolute Gasteiger partial charge is 0.153 e. The van der Waals surface area contributed by atoms with E-state index in [1.165, 1.54) is 0 Å². The highest BCUT2D eigenvalue weighted by molar-refractivity contribution is 5.82. The molecule has 96 valence electrons. The third kappa shape index (κ3) is 2.45. The molecule has 0 unspecified atom stereocenters. The van der Waals surface area contributed by atoms with Gasteiger partial charge in [0, 0.05) is 11.9 Å². The van der Waals surface area contributed by atoms with Gasteiger partial charge in [-0.3, -0.25) is 0 Å². The maximum atomic E-state index is 5.82. The zero-order valence-corrected chi connectivity index (χ0v) is 10.9. The quantitative estimate of drug-likeness (QED) is 0.751. The van der Waals surface area contributed by atoms with Crippen LogP contribution in [0.25, 0.3) is 22.4 Å². The summed E-state index contributed by atoms with van der Waals surface area (Å²) < 4.78 is 5.82. The lowest BCUT2D eigenvalue weighted by molar-refractivity contribution is 0.629. The Hall–Kier alpha value is -2.29. The number of aromatic nitrogens is 1. The Morgan fingerprint density at radius 1 is 1.11 bits per heavy atom. The molecule has 0 spiro atoms. The maximum Gasteiger partial charge on any atom is 0.153 e. The summed E-state index contributed by atoms with van der Waals surface area (Å²) in [5.41, 5.74) is 1.75. The number of furan rings is 1. The van der Waals surface area contributed by atoms with Crippen molar-refractivity contribution in [1.82, 2.24) is 4.98 Å². The molecule has 0 aliphatic heterocycles. The maximum absolute atomic E-state index is 5.82. The number of nitrogens with one attached hydrogen (secondary N) is 1. The van der Waals surface area contributed by atoms with Crippen molar-refractivity contribution < 1.29 is 4.42 Å². The van der Waals surface area contributed by atoms with Gasteiger partial charge in [-0.15, -0.1) is 0 Å². The lowest BCUT2D eigenvalue weighted by Crippen LogP contribution is -2.01. The molecular formula is C16H16N2O. The molecule has 0 aliphatic rings. The molecule has 3 heteroatoms. The van der Waals surface area contributed by atoms with E-state index in [0.29, 0.717) is 0 Å². The van der Waals surface area contributed by atoms with Crippen LogP contribution in [0.5, 0.6) is 0 Å². The summed E-state index contributed by atoms with van der Waals surface area (Å²) in [6.45, 7) is 3.06. The first-order valence-corrected chi connectivity index (χ1v) is 6.56. The largest absolute Gasteiger partial charge is 0.454 e. The fourth-order valence-electron chi connectivity index (χ4n) is 2.03. The Kier molecular flexibility index (Phi) is 3.19. The summed E-state index contributed by atoms with van der Waals surface area (Å²) in [6.07, 6.45) is 1.08. The van der Waals surface area contributed by atoms with Gasteiger partial charge in [0.05, 0.1) is 0 Å². The van der Waals surface area contributed by atoms with Crippen molar-refractivity contribution in [2.24, 2.45) is 0 Å². The Labute approximate surface area is 112 Å². The molecule has 3 rings (SSSR count). The van der Waals surface area contributed by atoms with Crippen LogP contribution in [0, 0.1) is 0 Å². The Bertz CT molecular complexity index is 655. The van der Waals surface area contributed by atoms with Crippen LogP contribution < -0.4 is 5.32 Å². The lowest BCUT2D eigenvalue weighted by Gasteiger charge is -2.04. The van der Waals surface area contributed by atoms with E-state index >= 15 is 0 Å². The van der Waals surface area contributed by atoms with Crippen molar-refractivity contribution in [1.29, 1.82) is 0 Å². The molecule has 0 saturated carbocycles. The summed E-state index contributed by atoms with van der Waals surface area (Å²) >= 11 is 0. The molecule has 19 heavy (non-hydrogen) atoms. The molecule has 0 aliphatic carbocycles. The van der Waals surface area contributed by atoms with Gasteiger partial charge in [-0.05, 0) is 30.7 Å². The predicted molar refractivity (Wildman–Crippen MR) is 78.2 cm³/mol. The first kappa shape index (κ1) is 11.8. The second-order valence-electron chi connectivity index (χ2n) is 4.48. The van der Waals surface area contributed by atoms with Crippen molar-refractivity contribution in [3.63, 3.8) is 0 Å². The number of nitrogens with zero attached hydrogens (tertiary/aromatic N) is 1. The van der Waals surface area contributed by atoms with Crippen LogP contribution in [0.4, 0.5) is 5.82 Å². The average Bonchev–Trinajstić information content (AvgIpc) is 2.89. The fourth-order valence-corrected chi connectivity index (χ4v) is 2.03. The van der Waals surface area contributed by atoms with Crippen molar-refractivity contribution >= 4 is 16.8 Å². The van der Waals surface area contributed by atoms with Gasteiger partial charge in [0.1, 0.15) is 17.1 Å². The van der Waals surface area contributed by atoms with Gasteiger partial charge >= 0.3 is 0 Å². The number of benzene rings is 1. The van der Waals surface area contributed by atoms with Gasteiger partial charge in [-0.1, -0.05) is 31.2 Å². The van der Waals surface area contributed by atoms with E-state index in [4.69, 9.17) is 4.42 Å². The molecule has 1 N–H and O–H groups in total. The minimum absolute atomic E-state index is 0.807. The van der Waals surface area contributed by atoms with Gasteiger partial charge < -0.3 is 9.73 Å². The first-order chi connectivity index (χ1) is 9.36. The molecule has 2 heterocycles. The van der Waals surface area contributed by atoms with Gasteiger partial charge in [0.2, 0.25) is 0 Å². The van der Waals surface area contributed by atoms with Crippen LogP contribution in [-0.4, -0.2) is 11.5 Å². The molecule has 0 saturated heterocycles. The third-order valence-corrected chi connectivity index (χ3v) is 2.98. The molecule has 3 nitrogen and oxygen atoms in total. The van der Waals surface area contributed by atoms with E-state index in [1.807, 2.05) is 48.5 Å². The second-order valence-corrected chi connectivity index (χ2v) is 4.48. The molecule has 2 aromatic heterocycles. The van der Waals surface area contributed by atoms with E-state index in [9.17, 15) is 0 Å². The Morgan fingerprint density at radius 3 is 2.84 bits per heavy atom. The van der Waals surface area contributed by atoms with Crippen molar-refractivity contribution in [2.75, 3.05) is 11.9 Å². The standard InChI is InChI=1S/C16H16N2O/c1-2-10-17-16-9-5-7-13(18-16)15-11-12-6-3-4-8-14(12)19-15/h3-9,11H,2,10H2,1H3,(H,17,18). The minimum atomic E-state index is 0.807. The van der Waals surface area contributed by atoms with Crippen molar-refractivity contribution in [2.45, 2.75) is 13.3 Å². The zero-order valence-electron chi connectivity index (χ0n) is 10.9. The summed E-state index contributed by atoms with van der Waals surface area (Å²) in [5.74, 6) is 1.70. The van der Waals surface area contributed by atoms with Crippen LogP contribution in [0.15, 0.2) is 52.9 Å². The molecule has 1 aromatic carbocycles. The van der Waals surface area contributed by atoms with Crippen LogP contribution in [0.1, 0.15) is 13.3 Å². The van der Waals surface area contributed by atoms with Crippen LogP contribution in [0.3, 0.4) is 0 Å². The van der Waals surface area contributed by atoms with E-state index < -0.39 is 0 Å². The van der Waals surface area contributed by atoms with E-state index in [0.717, 1.165) is 41.2 Å². The third-order valence-electron chi connectivity index (χ3n) is 2.98. The second kappa shape index (κ2) is 5.14. The number of pyridine rings is 1. The fraction of sp³-hybridized carbons (Fsp3) is 0.188. The Morgan fingerprint density at radius 2 is 2.00 bits per heavy atom. The molecule has 3 aromatic rings. The monoisotopic (exact) mass is 252 g/mol. The number of para-hydroxylation sites is 1. The molecule has 0 atom stereocenters. The lowest BCUT2D eigenvalue weighted by atomic mass is 10.2. The van der Waals surface area contributed by atoms with E-state index in [2.05, 4.69) is 17.2 Å². The van der Waals surface area contributed by atoms with Crippen LogP contribution in [-0.2, 0) is 0 Å². The molecule has 0 bridgehead atoms. The number of rotatable bonds is 4. The summed E-state index contributed by atoms with van der Waals surface area (Å²) in [7, 11) is 0. The SMILES string of the molecule is CCCNc1cccc(-c2cc3ccccc3o2)n1. The van der Waals surface area contributed by atoms with Crippen LogP contribution >= 0.6 is 0 Å². The number of fused-ring (bicyclic) bond motifs is 1. The first-order valence-electron chi connectivity index (χ1n) is 6.56. The number of anilines is 1. The average molecular weight is 252 g/mol. The highest BCUT2D eigenvalue weighted by atomic mass is 16.3. The van der Waals surface area contributed by atoms with Gasteiger partial charge in [-0.2, -0.15) is 0 Å². The van der Waals surface area contributed by atoms with Gasteiger partial charge in [-0.25, -0.2) is 4.98 Å². The predicted octanol–water partition coefficient (Wildman–Crippen LogP) is 4.32.